The van der Waals surface area contributed by atoms with Gasteiger partial charge in [0.2, 0.25) is 0 Å². The molecule has 3 aromatic rings. The summed E-state index contributed by atoms with van der Waals surface area (Å²) in [5.41, 5.74) is 1.89. The van der Waals surface area contributed by atoms with E-state index in [9.17, 15) is 10.1 Å². The van der Waals surface area contributed by atoms with Crippen molar-refractivity contribution < 1.29 is 9.53 Å². The van der Waals surface area contributed by atoms with Gasteiger partial charge in [0.25, 0.3) is 5.91 Å². The van der Waals surface area contributed by atoms with Crippen LogP contribution in [0.3, 0.4) is 0 Å². The highest BCUT2D eigenvalue weighted by atomic mass is 32.2. The van der Waals surface area contributed by atoms with E-state index in [1.807, 2.05) is 25.1 Å². The predicted molar refractivity (Wildman–Crippen MR) is 115 cm³/mol. The van der Waals surface area contributed by atoms with E-state index in [2.05, 4.69) is 31.3 Å². The van der Waals surface area contributed by atoms with Crippen LogP contribution in [0.1, 0.15) is 23.9 Å². The molecule has 0 atom stereocenters. The minimum Gasteiger partial charge on any atom is -0.492 e. The van der Waals surface area contributed by atoms with Crippen LogP contribution in [0.5, 0.6) is 5.75 Å². The van der Waals surface area contributed by atoms with Crippen LogP contribution < -0.4 is 10.1 Å². The Morgan fingerprint density at radius 2 is 2.13 bits per heavy atom. The average Bonchev–Trinajstić information content (AvgIpc) is 3.12. The molecule has 2 aromatic heterocycles. The number of nitriles is 1. The van der Waals surface area contributed by atoms with Gasteiger partial charge in [0.15, 0.2) is 5.17 Å². The fourth-order valence-electron chi connectivity index (χ4n) is 2.86. The van der Waals surface area contributed by atoms with Crippen LogP contribution in [0, 0.1) is 11.3 Å². The van der Waals surface area contributed by atoms with E-state index < -0.39 is 0 Å². The van der Waals surface area contributed by atoms with Gasteiger partial charge in [-0.2, -0.15) is 5.26 Å². The van der Waals surface area contributed by atoms with E-state index >= 15 is 0 Å². The average molecular weight is 416 g/mol. The van der Waals surface area contributed by atoms with Crippen LogP contribution in [-0.2, 0) is 11.3 Å². The third-order valence-electron chi connectivity index (χ3n) is 4.18. The molecule has 1 saturated heterocycles. The van der Waals surface area contributed by atoms with Gasteiger partial charge >= 0.3 is 0 Å². The molecule has 1 aromatic carbocycles. The molecule has 0 aliphatic carbocycles. The number of benzene rings is 1. The Morgan fingerprint density at radius 1 is 1.30 bits per heavy atom. The summed E-state index contributed by atoms with van der Waals surface area (Å²) in [6, 6.07) is 9.41. The van der Waals surface area contributed by atoms with Gasteiger partial charge in [-0.05, 0) is 48.5 Å². The Balaban J connectivity index is 1.62. The van der Waals surface area contributed by atoms with Crippen molar-refractivity contribution in [3.63, 3.8) is 0 Å². The molecule has 0 saturated carbocycles. The number of amidine groups is 1. The molecular formula is C21H16N6O2S. The first-order valence-electron chi connectivity index (χ1n) is 9.15. The Bertz CT molecular complexity index is 1220. The van der Waals surface area contributed by atoms with Gasteiger partial charge in [-0.25, -0.2) is 9.97 Å². The maximum Gasteiger partial charge on any atom is 0.264 e. The lowest BCUT2D eigenvalue weighted by atomic mass is 10.1. The molecule has 9 heteroatoms. The fourth-order valence-corrected chi connectivity index (χ4v) is 3.68. The van der Waals surface area contributed by atoms with Crippen LogP contribution in [0.4, 0.5) is 0 Å². The lowest BCUT2D eigenvalue weighted by Crippen LogP contribution is -2.19. The molecule has 30 heavy (non-hydrogen) atoms. The highest BCUT2D eigenvalue weighted by Crippen LogP contribution is 2.31. The monoisotopic (exact) mass is 416 g/mol. The number of nitrogens with zero attached hydrogens (tertiary/aromatic N) is 5. The van der Waals surface area contributed by atoms with Gasteiger partial charge in [-0.1, -0.05) is 6.07 Å². The highest BCUT2D eigenvalue weighted by molar-refractivity contribution is 8.18. The van der Waals surface area contributed by atoms with Crippen molar-refractivity contribution in [3.8, 4) is 11.8 Å². The lowest BCUT2D eigenvalue weighted by Gasteiger charge is -2.09. The number of hydrogen-bond donors (Lipinski definition) is 1. The van der Waals surface area contributed by atoms with Crippen molar-refractivity contribution in [1.29, 1.82) is 5.26 Å². The number of carbonyl (C=O) groups excluding carboxylic acids is 1. The quantitative estimate of drug-likeness (QED) is 0.636. The van der Waals surface area contributed by atoms with Crippen molar-refractivity contribution in [3.05, 3.63) is 64.7 Å². The third kappa shape index (κ3) is 4.14. The second-order valence-electron chi connectivity index (χ2n) is 6.17. The number of ether oxygens (including phenoxy) is 1. The molecule has 1 aliphatic heterocycles. The summed E-state index contributed by atoms with van der Waals surface area (Å²) >= 11 is 1.26. The first-order chi connectivity index (χ1) is 14.7. The van der Waals surface area contributed by atoms with Crippen LogP contribution in [0.25, 0.3) is 17.0 Å². The Morgan fingerprint density at radius 3 is 2.90 bits per heavy atom. The first kappa shape index (κ1) is 19.5. The molecule has 0 spiro atoms. The summed E-state index contributed by atoms with van der Waals surface area (Å²) < 4.78 is 5.68. The van der Waals surface area contributed by atoms with Gasteiger partial charge < -0.3 is 10.1 Å². The van der Waals surface area contributed by atoms with E-state index in [1.54, 1.807) is 24.5 Å². The molecule has 0 unspecified atom stereocenters. The molecule has 0 radical (unpaired) electrons. The summed E-state index contributed by atoms with van der Waals surface area (Å²) in [5.74, 6) is 0.858. The molecule has 1 amide bonds. The summed E-state index contributed by atoms with van der Waals surface area (Å²) in [5, 5.41) is 13.3. The summed E-state index contributed by atoms with van der Waals surface area (Å²) in [4.78, 5) is 29.8. The summed E-state index contributed by atoms with van der Waals surface area (Å²) in [6.07, 6.45) is 6.58. The molecule has 148 valence electrons. The number of aromatic nitrogens is 3. The zero-order valence-corrected chi connectivity index (χ0v) is 16.8. The zero-order valence-electron chi connectivity index (χ0n) is 16.0. The molecule has 8 nitrogen and oxygen atoms in total. The van der Waals surface area contributed by atoms with E-state index in [0.29, 0.717) is 39.3 Å². The molecule has 3 heterocycles. The van der Waals surface area contributed by atoms with Gasteiger partial charge in [0.1, 0.15) is 29.8 Å². The van der Waals surface area contributed by atoms with Gasteiger partial charge in [0, 0.05) is 24.0 Å². The normalized spacial score (nSPS) is 16.1. The first-order valence-corrected chi connectivity index (χ1v) is 9.96. The second kappa shape index (κ2) is 8.71. The highest BCUT2D eigenvalue weighted by Gasteiger charge is 2.23. The maximum atomic E-state index is 12.3. The molecule has 1 N–H and O–H groups in total. The van der Waals surface area contributed by atoms with Gasteiger partial charge in [0.05, 0.1) is 17.0 Å². The predicted octanol–water partition coefficient (Wildman–Crippen LogP) is 3.06. The Kier molecular flexibility index (Phi) is 5.68. The maximum absolute atomic E-state index is 12.3. The standard InChI is InChI=1S/C21H16N6O2S/c1-2-29-19-14(10-22)11-25-16-5-4-13(8-15(16)19)9-17-20(28)27-21(30-17)26-12-18-23-6-3-7-24-18/h3-9,11H,2,12H2,1H3,(H,26,27,28)/b17-9-. The van der Waals surface area contributed by atoms with Crippen molar-refractivity contribution in [1.82, 2.24) is 20.3 Å². The van der Waals surface area contributed by atoms with Crippen LogP contribution >= 0.6 is 11.8 Å². The van der Waals surface area contributed by atoms with E-state index in [4.69, 9.17) is 4.74 Å². The van der Waals surface area contributed by atoms with E-state index in [1.165, 1.54) is 18.0 Å². The molecule has 0 bridgehead atoms. The smallest absolute Gasteiger partial charge is 0.264 e. The van der Waals surface area contributed by atoms with Gasteiger partial charge in [-0.3, -0.25) is 14.8 Å². The fraction of sp³-hybridized carbons (Fsp3) is 0.143. The number of thioether (sulfide) groups is 1. The van der Waals surface area contributed by atoms with Crippen molar-refractivity contribution in [2.24, 2.45) is 4.99 Å². The number of nitrogens with one attached hydrogen (secondary N) is 1. The minimum atomic E-state index is -0.221. The molecule has 1 fully saturated rings. The third-order valence-corrected chi connectivity index (χ3v) is 5.13. The summed E-state index contributed by atoms with van der Waals surface area (Å²) in [7, 11) is 0. The van der Waals surface area contributed by atoms with Crippen molar-refractivity contribution in [2.75, 3.05) is 6.61 Å². The van der Waals surface area contributed by atoms with Crippen LogP contribution in [0.2, 0.25) is 0 Å². The van der Waals surface area contributed by atoms with Crippen molar-refractivity contribution >= 4 is 39.8 Å². The van der Waals surface area contributed by atoms with Gasteiger partial charge in [-0.15, -0.1) is 0 Å². The Hall–Kier alpha value is -3.77. The number of carbonyl (C=O) groups is 1. The van der Waals surface area contributed by atoms with Crippen LogP contribution in [-0.4, -0.2) is 32.6 Å². The minimum absolute atomic E-state index is 0.221. The SMILES string of the molecule is CCOc1c(C#N)cnc2ccc(/C=C3\SC(=NCc4ncccn4)NC3=O)cc12. The second-order valence-corrected chi connectivity index (χ2v) is 7.20. The lowest BCUT2D eigenvalue weighted by molar-refractivity contribution is -0.115. The van der Waals surface area contributed by atoms with Crippen LogP contribution in [0.15, 0.2) is 52.8 Å². The zero-order chi connectivity index (χ0) is 20.9. The topological polar surface area (TPSA) is 113 Å². The number of pyridine rings is 1. The number of aliphatic imine (C=N–C) groups is 1. The molecule has 1 aliphatic rings. The number of fused-ring (bicyclic) bond motifs is 1. The number of amides is 1. The van der Waals surface area contributed by atoms with E-state index in [-0.39, 0.29) is 12.5 Å². The molecular weight excluding hydrogens is 400 g/mol. The molecule has 4 rings (SSSR count). The number of hydrogen-bond acceptors (Lipinski definition) is 8. The largest absolute Gasteiger partial charge is 0.492 e. The van der Waals surface area contributed by atoms with E-state index in [0.717, 1.165) is 10.9 Å². The number of rotatable bonds is 5. The Labute approximate surface area is 176 Å². The summed E-state index contributed by atoms with van der Waals surface area (Å²) in [6.45, 7) is 2.58. The van der Waals surface area contributed by atoms with Crippen molar-refractivity contribution in [2.45, 2.75) is 13.5 Å².